The average molecular weight is 947 g/mol. The summed E-state index contributed by atoms with van der Waals surface area (Å²) in [7, 11) is 0. The minimum atomic E-state index is 0.101. The van der Waals surface area contributed by atoms with Crippen molar-refractivity contribution in [2.24, 2.45) is 0 Å². The van der Waals surface area contributed by atoms with Gasteiger partial charge in [0.25, 0.3) is 0 Å². The highest BCUT2D eigenvalue weighted by molar-refractivity contribution is 6.14. The largest absolute Gasteiger partial charge is 0.310 e. The van der Waals surface area contributed by atoms with Crippen molar-refractivity contribution in [3.05, 3.63) is 278 Å². The molecule has 2 aliphatic rings. The highest BCUT2D eigenvalue weighted by Crippen LogP contribution is 2.56. The Morgan fingerprint density at radius 2 is 0.865 bits per heavy atom. The molecule has 1 saturated carbocycles. The SMILES string of the molecule is c1ccc(-c2ccccc2-c2ccccc2-c2ccccc2N(c2ccc(-c3ccc4c(c3)C3(CCCCC3)c3ccccc3-4)cc2)c2cccc(-c3cccc4c5ccccc5n(-c5ccccc5)c34)c2)cc1. The van der Waals surface area contributed by atoms with Crippen LogP contribution in [-0.2, 0) is 5.41 Å². The van der Waals surface area contributed by atoms with Gasteiger partial charge in [0, 0.05) is 44.4 Å². The van der Waals surface area contributed by atoms with Crippen molar-refractivity contribution in [1.82, 2.24) is 4.57 Å². The molecule has 0 aliphatic heterocycles. The molecule has 2 aliphatic carbocycles. The van der Waals surface area contributed by atoms with Crippen LogP contribution in [0.2, 0.25) is 0 Å². The molecule has 0 amide bonds. The molecule has 74 heavy (non-hydrogen) atoms. The fraction of sp³-hybridized carbons (Fsp3) is 0.0833. The van der Waals surface area contributed by atoms with Crippen LogP contribution in [0.4, 0.5) is 17.1 Å². The molecule has 11 aromatic carbocycles. The minimum Gasteiger partial charge on any atom is -0.310 e. The van der Waals surface area contributed by atoms with Crippen LogP contribution in [0.15, 0.2) is 267 Å². The Labute approximate surface area is 434 Å². The van der Waals surface area contributed by atoms with Crippen LogP contribution < -0.4 is 4.90 Å². The van der Waals surface area contributed by atoms with Crippen LogP contribution in [0, 0.1) is 0 Å². The number of para-hydroxylation sites is 4. The summed E-state index contributed by atoms with van der Waals surface area (Å²) in [5, 5.41) is 2.48. The van der Waals surface area contributed by atoms with Crippen molar-refractivity contribution in [3.8, 4) is 72.4 Å². The first-order chi connectivity index (χ1) is 36.7. The molecule has 352 valence electrons. The molecule has 0 N–H and O–H groups in total. The minimum absolute atomic E-state index is 0.101. The van der Waals surface area contributed by atoms with E-state index in [4.69, 9.17) is 0 Å². The summed E-state index contributed by atoms with van der Waals surface area (Å²) in [5.74, 6) is 0. The fourth-order valence-corrected chi connectivity index (χ4v) is 12.9. The Hall–Kier alpha value is -8.98. The lowest BCUT2D eigenvalue weighted by molar-refractivity contribution is 0.353. The first-order valence-corrected chi connectivity index (χ1v) is 26.4. The highest BCUT2D eigenvalue weighted by atomic mass is 15.1. The summed E-state index contributed by atoms with van der Waals surface area (Å²) in [4.78, 5) is 2.48. The normalized spacial score (nSPS) is 13.5. The first kappa shape index (κ1) is 43.8. The molecule has 12 aromatic rings. The predicted octanol–water partition coefficient (Wildman–Crippen LogP) is 19.8. The molecule has 2 heteroatoms. The molecular weight excluding hydrogens is 893 g/mol. The van der Waals surface area contributed by atoms with Crippen LogP contribution in [0.25, 0.3) is 94.3 Å². The van der Waals surface area contributed by atoms with Gasteiger partial charge in [0.05, 0.1) is 16.7 Å². The quantitative estimate of drug-likeness (QED) is 0.140. The van der Waals surface area contributed by atoms with Crippen LogP contribution in [-0.4, -0.2) is 4.57 Å². The van der Waals surface area contributed by atoms with Crippen molar-refractivity contribution >= 4 is 38.9 Å². The second kappa shape index (κ2) is 18.3. The monoisotopic (exact) mass is 946 g/mol. The van der Waals surface area contributed by atoms with Gasteiger partial charge in [-0.15, -0.1) is 0 Å². The maximum atomic E-state index is 2.53. The third kappa shape index (κ3) is 7.24. The van der Waals surface area contributed by atoms with E-state index in [0.717, 1.165) is 33.9 Å². The smallest absolute Gasteiger partial charge is 0.0619 e. The van der Waals surface area contributed by atoms with Gasteiger partial charge >= 0.3 is 0 Å². The van der Waals surface area contributed by atoms with Crippen molar-refractivity contribution in [1.29, 1.82) is 0 Å². The number of anilines is 3. The molecule has 0 bridgehead atoms. The summed E-state index contributed by atoms with van der Waals surface area (Å²) >= 11 is 0. The number of benzene rings is 11. The molecular formula is C72H54N2. The second-order valence-corrected chi connectivity index (χ2v) is 20.2. The summed E-state index contributed by atoms with van der Waals surface area (Å²) in [6.07, 6.45) is 6.32. The molecule has 1 fully saturated rings. The first-order valence-electron chi connectivity index (χ1n) is 26.4. The summed E-state index contributed by atoms with van der Waals surface area (Å²) < 4.78 is 2.44. The predicted molar refractivity (Wildman–Crippen MR) is 312 cm³/mol. The van der Waals surface area contributed by atoms with Gasteiger partial charge in [0.2, 0.25) is 0 Å². The van der Waals surface area contributed by atoms with E-state index >= 15 is 0 Å². The van der Waals surface area contributed by atoms with Gasteiger partial charge in [-0.1, -0.05) is 232 Å². The second-order valence-electron chi connectivity index (χ2n) is 20.2. The Morgan fingerprint density at radius 1 is 0.311 bits per heavy atom. The number of fused-ring (bicyclic) bond motifs is 8. The van der Waals surface area contributed by atoms with Gasteiger partial charge in [-0.25, -0.2) is 0 Å². The molecule has 1 aromatic heterocycles. The zero-order valence-electron chi connectivity index (χ0n) is 41.3. The van der Waals surface area contributed by atoms with E-state index in [1.807, 2.05) is 0 Å². The topological polar surface area (TPSA) is 8.17 Å². The van der Waals surface area contributed by atoms with Gasteiger partial charge in [-0.3, -0.25) is 0 Å². The van der Waals surface area contributed by atoms with Crippen molar-refractivity contribution < 1.29 is 0 Å². The Bertz CT molecular complexity index is 4040. The molecule has 0 atom stereocenters. The molecule has 0 radical (unpaired) electrons. The maximum Gasteiger partial charge on any atom is 0.0619 e. The summed E-state index contributed by atoms with van der Waals surface area (Å²) in [5.41, 5.74) is 24.8. The summed E-state index contributed by atoms with van der Waals surface area (Å²) in [6.45, 7) is 0. The zero-order valence-corrected chi connectivity index (χ0v) is 41.3. The van der Waals surface area contributed by atoms with Crippen LogP contribution in [0.1, 0.15) is 43.2 Å². The van der Waals surface area contributed by atoms with Crippen LogP contribution >= 0.6 is 0 Å². The highest BCUT2D eigenvalue weighted by Gasteiger charge is 2.43. The lowest BCUT2D eigenvalue weighted by Gasteiger charge is -2.36. The lowest BCUT2D eigenvalue weighted by Crippen LogP contribution is -2.28. The van der Waals surface area contributed by atoms with Crippen molar-refractivity contribution in [2.75, 3.05) is 4.90 Å². The van der Waals surface area contributed by atoms with Crippen molar-refractivity contribution in [2.45, 2.75) is 37.5 Å². The molecule has 2 nitrogen and oxygen atoms in total. The molecule has 1 heterocycles. The van der Waals surface area contributed by atoms with Gasteiger partial charge in [-0.05, 0) is 134 Å². The lowest BCUT2D eigenvalue weighted by atomic mass is 9.67. The third-order valence-electron chi connectivity index (χ3n) is 16.2. The molecule has 0 saturated heterocycles. The maximum absolute atomic E-state index is 2.53. The number of nitrogens with zero attached hydrogens (tertiary/aromatic N) is 2. The van der Waals surface area contributed by atoms with E-state index in [2.05, 4.69) is 276 Å². The standard InChI is InChI=1S/C72H54N2/c1-4-22-51(23-5-1)57-28-8-9-29-59(57)60-30-10-11-31-61(60)64-33-13-16-38-69(64)73(55-43-40-50(41-44-55)52-42-45-63-62-32-12-15-37-67(62)72(68(63)49-52)46-18-3-19-47-72)56-27-20-24-53(48-56)58-35-21-36-66-65-34-14-17-39-70(65)74(71(58)66)54-25-6-2-7-26-54/h1-2,4-17,20-45,48-49H,3,18-19,46-47H2. The van der Waals surface area contributed by atoms with Gasteiger partial charge in [0.1, 0.15) is 0 Å². The number of hydrogen-bond acceptors (Lipinski definition) is 1. The van der Waals surface area contributed by atoms with Crippen molar-refractivity contribution in [3.63, 3.8) is 0 Å². The van der Waals surface area contributed by atoms with Crippen LogP contribution in [0.3, 0.4) is 0 Å². The van der Waals surface area contributed by atoms with E-state index in [1.165, 1.54) is 121 Å². The third-order valence-corrected chi connectivity index (χ3v) is 16.2. The van der Waals surface area contributed by atoms with E-state index in [1.54, 1.807) is 0 Å². The average Bonchev–Trinajstić information content (AvgIpc) is 3.99. The van der Waals surface area contributed by atoms with E-state index in [0.29, 0.717) is 0 Å². The fourth-order valence-electron chi connectivity index (χ4n) is 12.9. The summed E-state index contributed by atoms with van der Waals surface area (Å²) in [6, 6.07) is 98.9. The van der Waals surface area contributed by atoms with Gasteiger partial charge in [0.15, 0.2) is 0 Å². The van der Waals surface area contributed by atoms with Crippen LogP contribution in [0.5, 0.6) is 0 Å². The molecule has 0 unspecified atom stereocenters. The molecule has 14 rings (SSSR count). The van der Waals surface area contributed by atoms with E-state index < -0.39 is 0 Å². The number of hydrogen-bond donors (Lipinski definition) is 0. The number of rotatable bonds is 9. The Balaban J connectivity index is 0.942. The van der Waals surface area contributed by atoms with E-state index in [-0.39, 0.29) is 5.41 Å². The van der Waals surface area contributed by atoms with E-state index in [9.17, 15) is 0 Å². The zero-order chi connectivity index (χ0) is 49.0. The Kier molecular flexibility index (Phi) is 10.8. The van der Waals surface area contributed by atoms with Gasteiger partial charge < -0.3 is 9.47 Å². The van der Waals surface area contributed by atoms with Gasteiger partial charge in [-0.2, -0.15) is 0 Å². The Morgan fingerprint density at radius 3 is 1.65 bits per heavy atom. The number of aromatic nitrogens is 1. The molecule has 1 spiro atoms.